The summed E-state index contributed by atoms with van der Waals surface area (Å²) in [5.41, 5.74) is 5.31. The summed E-state index contributed by atoms with van der Waals surface area (Å²) < 4.78 is 0. The Bertz CT molecular complexity index is 1110. The van der Waals surface area contributed by atoms with Gasteiger partial charge in [0.05, 0.1) is 17.4 Å². The number of carbonyl (C=O) groups is 2. The van der Waals surface area contributed by atoms with Gasteiger partial charge in [0.15, 0.2) is 5.78 Å². The van der Waals surface area contributed by atoms with Crippen LogP contribution in [0.3, 0.4) is 0 Å². The number of para-hydroxylation sites is 2. The van der Waals surface area contributed by atoms with Crippen LogP contribution in [0.25, 0.3) is 0 Å². The second kappa shape index (κ2) is 8.36. The third kappa shape index (κ3) is 4.17. The van der Waals surface area contributed by atoms with Crippen molar-refractivity contribution >= 4 is 23.2 Å². The highest BCUT2D eigenvalue weighted by atomic mass is 16.2. The summed E-state index contributed by atoms with van der Waals surface area (Å²) in [5.74, 6) is 0.116. The molecule has 2 aromatic rings. The number of rotatable bonds is 2. The SMILES string of the molecule is Cc1ccc([C@@H]2C3=C(CC(C)(C)CC3=O)Nc3ccccc3N2C(=O)NC2CCCC2)cc1. The summed E-state index contributed by atoms with van der Waals surface area (Å²) in [7, 11) is 0. The maximum atomic E-state index is 13.9. The van der Waals surface area contributed by atoms with Crippen LogP contribution in [0.1, 0.15) is 69.5 Å². The predicted molar refractivity (Wildman–Crippen MR) is 132 cm³/mol. The fourth-order valence-corrected chi connectivity index (χ4v) is 5.59. The molecule has 0 unspecified atom stereocenters. The smallest absolute Gasteiger partial charge is 0.323 e. The van der Waals surface area contributed by atoms with Gasteiger partial charge < -0.3 is 10.6 Å². The summed E-state index contributed by atoms with van der Waals surface area (Å²) in [5, 5.41) is 6.85. The number of fused-ring (bicyclic) bond motifs is 1. The number of urea groups is 1. The fourth-order valence-electron chi connectivity index (χ4n) is 5.59. The minimum absolute atomic E-state index is 0.116. The molecule has 3 aliphatic rings. The number of hydrogen-bond acceptors (Lipinski definition) is 3. The molecule has 1 saturated carbocycles. The lowest BCUT2D eigenvalue weighted by Gasteiger charge is -2.37. The van der Waals surface area contributed by atoms with Gasteiger partial charge in [-0.1, -0.05) is 68.7 Å². The maximum Gasteiger partial charge on any atom is 0.323 e. The number of benzene rings is 2. The highest BCUT2D eigenvalue weighted by molar-refractivity contribution is 6.06. The van der Waals surface area contributed by atoms with Gasteiger partial charge >= 0.3 is 6.03 Å². The molecule has 33 heavy (non-hydrogen) atoms. The van der Waals surface area contributed by atoms with Crippen molar-refractivity contribution in [2.75, 3.05) is 10.2 Å². The summed E-state index contributed by atoms with van der Waals surface area (Å²) >= 11 is 0. The summed E-state index contributed by atoms with van der Waals surface area (Å²) in [6, 6.07) is 15.7. The highest BCUT2D eigenvalue weighted by Crippen LogP contribution is 2.48. The Kier molecular flexibility index (Phi) is 5.51. The van der Waals surface area contributed by atoms with E-state index in [0.29, 0.717) is 6.42 Å². The molecule has 5 rings (SSSR count). The number of nitrogens with zero attached hydrogens (tertiary/aromatic N) is 1. The van der Waals surface area contributed by atoms with Gasteiger partial charge in [0.25, 0.3) is 0 Å². The number of aryl methyl sites for hydroxylation is 1. The molecule has 1 heterocycles. The van der Waals surface area contributed by atoms with Crippen molar-refractivity contribution < 1.29 is 9.59 Å². The molecule has 1 aliphatic heterocycles. The van der Waals surface area contributed by atoms with Gasteiger partial charge in [0, 0.05) is 23.7 Å². The van der Waals surface area contributed by atoms with Gasteiger partial charge in [-0.15, -0.1) is 0 Å². The Morgan fingerprint density at radius 1 is 1.03 bits per heavy atom. The average Bonchev–Trinajstić information content (AvgIpc) is 3.21. The van der Waals surface area contributed by atoms with Gasteiger partial charge in [-0.2, -0.15) is 0 Å². The first-order chi connectivity index (χ1) is 15.8. The van der Waals surface area contributed by atoms with E-state index in [9.17, 15) is 9.59 Å². The van der Waals surface area contributed by atoms with E-state index < -0.39 is 6.04 Å². The van der Waals surface area contributed by atoms with Crippen LogP contribution in [0.4, 0.5) is 16.2 Å². The van der Waals surface area contributed by atoms with Crippen LogP contribution >= 0.6 is 0 Å². The first-order valence-corrected chi connectivity index (χ1v) is 12.1. The zero-order valence-corrected chi connectivity index (χ0v) is 19.8. The Morgan fingerprint density at radius 3 is 2.45 bits per heavy atom. The molecule has 5 heteroatoms. The Balaban J connectivity index is 1.69. The number of allylic oxidation sites excluding steroid dienone is 1. The Morgan fingerprint density at radius 2 is 1.73 bits per heavy atom. The number of carbonyl (C=O) groups excluding carboxylic acids is 2. The highest BCUT2D eigenvalue weighted by Gasteiger charge is 2.43. The van der Waals surface area contributed by atoms with E-state index in [1.165, 1.54) is 0 Å². The molecule has 0 aromatic heterocycles. The van der Waals surface area contributed by atoms with E-state index in [-0.39, 0.29) is 23.3 Å². The van der Waals surface area contributed by atoms with Crippen molar-refractivity contribution in [2.24, 2.45) is 5.41 Å². The van der Waals surface area contributed by atoms with Crippen LogP contribution in [0.2, 0.25) is 0 Å². The van der Waals surface area contributed by atoms with Crippen molar-refractivity contribution in [3.63, 3.8) is 0 Å². The molecular weight excluding hydrogens is 410 g/mol. The molecule has 5 nitrogen and oxygen atoms in total. The minimum atomic E-state index is -0.471. The van der Waals surface area contributed by atoms with E-state index in [1.807, 2.05) is 29.2 Å². The molecule has 172 valence electrons. The lowest BCUT2D eigenvalue weighted by atomic mass is 9.73. The Labute approximate surface area is 196 Å². The van der Waals surface area contributed by atoms with Crippen LogP contribution in [0, 0.1) is 12.3 Å². The van der Waals surface area contributed by atoms with Crippen molar-refractivity contribution in [3.05, 3.63) is 70.9 Å². The summed E-state index contributed by atoms with van der Waals surface area (Å²) in [4.78, 5) is 29.4. The van der Waals surface area contributed by atoms with Gasteiger partial charge in [-0.3, -0.25) is 9.69 Å². The topological polar surface area (TPSA) is 61.4 Å². The van der Waals surface area contributed by atoms with E-state index in [0.717, 1.165) is 65.9 Å². The van der Waals surface area contributed by atoms with Crippen LogP contribution in [0.5, 0.6) is 0 Å². The van der Waals surface area contributed by atoms with Crippen LogP contribution in [0.15, 0.2) is 59.8 Å². The quantitative estimate of drug-likeness (QED) is 0.575. The first kappa shape index (κ1) is 21.7. The molecule has 0 spiro atoms. The standard InChI is InChI=1S/C28H33N3O2/c1-18-12-14-19(15-13-18)26-25-22(16-28(2,3)17-24(25)32)30-21-10-6-7-11-23(21)31(26)27(33)29-20-8-4-5-9-20/h6-7,10-15,20,26,30H,4-5,8-9,16-17H2,1-3H3,(H,29,33)/t26-/m1/s1. The second-order valence-electron chi connectivity index (χ2n) is 10.6. The first-order valence-electron chi connectivity index (χ1n) is 12.1. The van der Waals surface area contributed by atoms with Gasteiger partial charge in [0.1, 0.15) is 0 Å². The largest absolute Gasteiger partial charge is 0.357 e. The van der Waals surface area contributed by atoms with Gasteiger partial charge in [-0.05, 0) is 49.3 Å². The molecule has 0 saturated heterocycles. The van der Waals surface area contributed by atoms with Crippen molar-refractivity contribution in [3.8, 4) is 0 Å². The fraction of sp³-hybridized carbons (Fsp3) is 0.429. The van der Waals surface area contributed by atoms with E-state index in [2.05, 4.69) is 55.7 Å². The second-order valence-corrected chi connectivity index (χ2v) is 10.6. The normalized spacial score (nSPS) is 22.3. The summed E-state index contributed by atoms with van der Waals surface area (Å²) in [6.07, 6.45) is 5.55. The third-order valence-corrected chi connectivity index (χ3v) is 7.20. The molecule has 2 amide bonds. The maximum absolute atomic E-state index is 13.9. The summed E-state index contributed by atoms with van der Waals surface area (Å²) in [6.45, 7) is 6.33. The Hall–Kier alpha value is -3.08. The number of ketones is 1. The van der Waals surface area contributed by atoms with Gasteiger partial charge in [-0.25, -0.2) is 4.79 Å². The van der Waals surface area contributed by atoms with E-state index in [1.54, 1.807) is 0 Å². The molecular formula is C28H33N3O2. The zero-order chi connectivity index (χ0) is 23.2. The lowest BCUT2D eigenvalue weighted by molar-refractivity contribution is -0.118. The lowest BCUT2D eigenvalue weighted by Crippen LogP contribution is -2.47. The average molecular weight is 444 g/mol. The zero-order valence-electron chi connectivity index (χ0n) is 19.8. The van der Waals surface area contributed by atoms with Crippen LogP contribution in [-0.4, -0.2) is 17.9 Å². The molecule has 2 N–H and O–H groups in total. The molecule has 0 bridgehead atoms. The molecule has 0 radical (unpaired) electrons. The molecule has 1 fully saturated rings. The monoisotopic (exact) mass is 443 g/mol. The van der Waals surface area contributed by atoms with E-state index >= 15 is 0 Å². The number of nitrogens with one attached hydrogen (secondary N) is 2. The number of amides is 2. The minimum Gasteiger partial charge on any atom is -0.357 e. The van der Waals surface area contributed by atoms with Crippen molar-refractivity contribution in [1.29, 1.82) is 0 Å². The van der Waals surface area contributed by atoms with Crippen molar-refractivity contribution in [1.82, 2.24) is 5.32 Å². The molecule has 1 atom stereocenters. The molecule has 2 aliphatic carbocycles. The third-order valence-electron chi connectivity index (χ3n) is 7.20. The number of hydrogen-bond donors (Lipinski definition) is 2. The predicted octanol–water partition coefficient (Wildman–Crippen LogP) is 6.26. The van der Waals surface area contributed by atoms with Crippen LogP contribution < -0.4 is 15.5 Å². The van der Waals surface area contributed by atoms with Crippen LogP contribution in [-0.2, 0) is 4.79 Å². The number of Topliss-reactive ketones (excluding diaryl/α,β-unsaturated/α-hetero) is 1. The number of anilines is 2. The van der Waals surface area contributed by atoms with Gasteiger partial charge in [0.2, 0.25) is 0 Å². The van der Waals surface area contributed by atoms with Crippen molar-refractivity contribution in [2.45, 2.75) is 71.4 Å². The van der Waals surface area contributed by atoms with E-state index in [4.69, 9.17) is 0 Å². The molecule has 2 aromatic carbocycles.